The molecule has 2 aromatic carbocycles. The highest BCUT2D eigenvalue weighted by atomic mass is 32.2. The van der Waals surface area contributed by atoms with E-state index in [4.69, 9.17) is 26.8 Å². The number of nitrogens with zero attached hydrogens (tertiary/aromatic N) is 2. The Kier molecular flexibility index (Phi) is 10.6. The largest absolute Gasteiger partial charge is 0.492 e. The zero-order valence-electron chi connectivity index (χ0n) is 22.6. The van der Waals surface area contributed by atoms with Crippen molar-refractivity contribution >= 4 is 46.3 Å². The summed E-state index contributed by atoms with van der Waals surface area (Å²) in [6.07, 6.45) is -10.6. The fraction of sp³-hybridized carbons (Fsp3) is 0.370. The lowest BCUT2D eigenvalue weighted by atomic mass is 9.97. The summed E-state index contributed by atoms with van der Waals surface area (Å²) in [5, 5.41) is 19.2. The molecule has 1 unspecified atom stereocenters. The van der Waals surface area contributed by atoms with Gasteiger partial charge in [-0.05, 0) is 47.5 Å². The Bertz CT molecular complexity index is 1410. The molecule has 2 fully saturated rings. The van der Waals surface area contributed by atoms with E-state index >= 15 is 0 Å². The number of hydrazine groups is 1. The summed E-state index contributed by atoms with van der Waals surface area (Å²) in [4.78, 5) is 26.0. The SMILES string of the molecule is O=C(O)C(O)CNN1C(=O)/C(=C/c2cc(-c3cc(C(F)(F)F)cc(C(F)(F)F)c3)ccc2OCCN2CCOCC2)SC1=S. The number of nitrogens with one attached hydrogen (secondary N) is 1. The van der Waals surface area contributed by atoms with Crippen LogP contribution in [-0.2, 0) is 26.7 Å². The van der Waals surface area contributed by atoms with Gasteiger partial charge in [0.2, 0.25) is 0 Å². The highest BCUT2D eigenvalue weighted by Crippen LogP contribution is 2.40. The quantitative estimate of drug-likeness (QED) is 0.194. The maximum atomic E-state index is 13.5. The summed E-state index contributed by atoms with van der Waals surface area (Å²) < 4.78 is 92.3. The van der Waals surface area contributed by atoms with Crippen LogP contribution in [0.25, 0.3) is 17.2 Å². The molecule has 2 aromatic rings. The number of carbonyl (C=O) groups excluding carboxylic acids is 1. The number of thioether (sulfide) groups is 1. The first-order chi connectivity index (χ1) is 20.6. The Morgan fingerprint density at radius 1 is 1.07 bits per heavy atom. The Hall–Kier alpha value is -3.22. The number of hydrogen-bond donors (Lipinski definition) is 3. The van der Waals surface area contributed by atoms with Crippen LogP contribution >= 0.6 is 24.0 Å². The molecule has 0 aliphatic carbocycles. The molecule has 1 amide bonds. The smallest absolute Gasteiger partial charge is 0.416 e. The second-order valence-electron chi connectivity index (χ2n) is 9.58. The van der Waals surface area contributed by atoms with Crippen LogP contribution in [0.4, 0.5) is 26.3 Å². The van der Waals surface area contributed by atoms with Crippen molar-refractivity contribution in [3.8, 4) is 16.9 Å². The number of ether oxygens (including phenoxy) is 2. The second-order valence-corrected chi connectivity index (χ2v) is 11.3. The fourth-order valence-electron chi connectivity index (χ4n) is 4.21. The summed E-state index contributed by atoms with van der Waals surface area (Å²) in [6.45, 7) is 2.60. The van der Waals surface area contributed by atoms with Gasteiger partial charge in [-0.25, -0.2) is 15.2 Å². The molecule has 0 bridgehead atoms. The molecule has 1 atom stereocenters. The molecule has 0 spiro atoms. The molecule has 2 aliphatic rings. The lowest BCUT2D eigenvalue weighted by molar-refractivity contribution is -0.147. The maximum absolute atomic E-state index is 13.5. The van der Waals surface area contributed by atoms with Crippen LogP contribution < -0.4 is 10.2 Å². The topological polar surface area (TPSA) is 112 Å². The van der Waals surface area contributed by atoms with Crippen LogP contribution in [0, 0.1) is 0 Å². The number of carboxylic acids is 1. The lowest BCUT2D eigenvalue weighted by Gasteiger charge is -2.26. The van der Waals surface area contributed by atoms with Crippen molar-refractivity contribution in [1.29, 1.82) is 0 Å². The van der Waals surface area contributed by atoms with E-state index in [0.29, 0.717) is 45.0 Å². The lowest BCUT2D eigenvalue weighted by Crippen LogP contribution is -2.46. The zero-order chi connectivity index (χ0) is 32.2. The van der Waals surface area contributed by atoms with Gasteiger partial charge in [0.15, 0.2) is 10.4 Å². The van der Waals surface area contributed by atoms with Crippen LogP contribution in [0.2, 0.25) is 0 Å². The number of carboxylic acid groups (broad SMARTS) is 1. The van der Waals surface area contributed by atoms with E-state index < -0.39 is 48.0 Å². The van der Waals surface area contributed by atoms with Crippen molar-refractivity contribution in [3.05, 3.63) is 58.0 Å². The van der Waals surface area contributed by atoms with Crippen molar-refractivity contribution in [3.63, 3.8) is 0 Å². The third kappa shape index (κ3) is 8.48. The van der Waals surface area contributed by atoms with Crippen molar-refractivity contribution in [2.75, 3.05) is 46.0 Å². The number of aliphatic hydroxyl groups excluding tert-OH is 1. The molecule has 2 saturated heterocycles. The summed E-state index contributed by atoms with van der Waals surface area (Å²) in [7, 11) is 0. The minimum Gasteiger partial charge on any atom is -0.492 e. The van der Waals surface area contributed by atoms with Crippen LogP contribution in [0.5, 0.6) is 5.75 Å². The van der Waals surface area contributed by atoms with Crippen molar-refractivity contribution < 1.29 is 55.6 Å². The van der Waals surface area contributed by atoms with Gasteiger partial charge in [0, 0.05) is 25.2 Å². The number of morpholine rings is 1. The number of aliphatic carboxylic acids is 1. The molecule has 2 aliphatic heterocycles. The summed E-state index contributed by atoms with van der Waals surface area (Å²) in [6, 6.07) is 5.24. The highest BCUT2D eigenvalue weighted by molar-refractivity contribution is 8.26. The van der Waals surface area contributed by atoms with E-state index in [9.17, 15) is 41.0 Å². The molecule has 2 heterocycles. The van der Waals surface area contributed by atoms with Crippen LogP contribution in [0.15, 0.2) is 41.3 Å². The van der Waals surface area contributed by atoms with E-state index in [1.54, 1.807) is 0 Å². The van der Waals surface area contributed by atoms with Crippen molar-refractivity contribution in [1.82, 2.24) is 15.3 Å². The minimum atomic E-state index is -5.05. The third-order valence-corrected chi connectivity index (χ3v) is 7.81. The zero-order valence-corrected chi connectivity index (χ0v) is 24.2. The average molecular weight is 666 g/mol. The van der Waals surface area contributed by atoms with Gasteiger partial charge < -0.3 is 19.7 Å². The van der Waals surface area contributed by atoms with Crippen LogP contribution in [-0.4, -0.2) is 88.4 Å². The standard InChI is InChI=1S/C27H25F6N3O6S2/c28-26(29,30)18-10-16(11-19(13-18)27(31,32)33)15-1-2-21(42-8-5-35-3-6-41-7-4-35)17(9-15)12-22-23(38)36(25(43)44-22)34-14-20(37)24(39)40/h1-2,9-13,20,34,37H,3-8,14H2,(H,39,40)/b22-12-. The van der Waals surface area contributed by atoms with Gasteiger partial charge in [-0.1, -0.05) is 30.0 Å². The molecule has 0 radical (unpaired) electrons. The Balaban J connectivity index is 1.69. The Labute approximate surface area is 256 Å². The minimum absolute atomic E-state index is 0.00233. The molecule has 0 aromatic heterocycles. The summed E-state index contributed by atoms with van der Waals surface area (Å²) >= 11 is 5.99. The molecule has 44 heavy (non-hydrogen) atoms. The molecule has 0 saturated carbocycles. The summed E-state index contributed by atoms with van der Waals surface area (Å²) in [5.74, 6) is -2.05. The second kappa shape index (κ2) is 13.8. The van der Waals surface area contributed by atoms with Crippen LogP contribution in [0.3, 0.4) is 0 Å². The average Bonchev–Trinajstić information content (AvgIpc) is 3.23. The van der Waals surface area contributed by atoms with E-state index in [2.05, 4.69) is 10.3 Å². The fourth-order valence-corrected chi connectivity index (χ4v) is 5.42. The predicted molar refractivity (Wildman–Crippen MR) is 151 cm³/mol. The van der Waals surface area contributed by atoms with Gasteiger partial charge in [0.25, 0.3) is 5.91 Å². The predicted octanol–water partition coefficient (Wildman–Crippen LogP) is 4.25. The van der Waals surface area contributed by atoms with E-state index in [1.807, 2.05) is 0 Å². The van der Waals surface area contributed by atoms with E-state index in [1.165, 1.54) is 24.3 Å². The number of hydrogen-bond acceptors (Lipinski definition) is 9. The third-order valence-electron chi connectivity index (χ3n) is 6.51. The number of aliphatic hydroxyl groups is 1. The van der Waals surface area contributed by atoms with Crippen LogP contribution in [0.1, 0.15) is 16.7 Å². The molecule has 4 rings (SSSR count). The first-order valence-electron chi connectivity index (χ1n) is 12.9. The monoisotopic (exact) mass is 665 g/mol. The number of alkyl halides is 6. The molecule has 17 heteroatoms. The van der Waals surface area contributed by atoms with E-state index in [0.717, 1.165) is 16.8 Å². The van der Waals surface area contributed by atoms with Crippen molar-refractivity contribution in [2.24, 2.45) is 0 Å². The molecule has 3 N–H and O–H groups in total. The number of rotatable bonds is 10. The molecular weight excluding hydrogens is 640 g/mol. The van der Waals surface area contributed by atoms with Gasteiger partial charge in [0.05, 0.1) is 35.8 Å². The van der Waals surface area contributed by atoms with Crippen molar-refractivity contribution in [2.45, 2.75) is 18.5 Å². The number of amides is 1. The highest BCUT2D eigenvalue weighted by Gasteiger charge is 2.37. The van der Waals surface area contributed by atoms with E-state index in [-0.39, 0.29) is 44.3 Å². The first-order valence-corrected chi connectivity index (χ1v) is 14.1. The maximum Gasteiger partial charge on any atom is 0.416 e. The van der Waals surface area contributed by atoms with Gasteiger partial charge in [0.1, 0.15) is 12.4 Å². The Morgan fingerprint density at radius 3 is 2.30 bits per heavy atom. The normalized spacial score (nSPS) is 18.2. The van der Waals surface area contributed by atoms with Gasteiger partial charge in [-0.15, -0.1) is 0 Å². The number of halogens is 6. The number of thiocarbonyl (C=S) groups is 1. The molecule has 9 nitrogen and oxygen atoms in total. The first kappa shape index (κ1) is 33.7. The summed E-state index contributed by atoms with van der Waals surface area (Å²) in [5.41, 5.74) is -0.734. The van der Waals surface area contributed by atoms with Gasteiger partial charge in [-0.3, -0.25) is 9.69 Å². The number of benzene rings is 2. The van der Waals surface area contributed by atoms with Gasteiger partial charge in [-0.2, -0.15) is 26.3 Å². The van der Waals surface area contributed by atoms with Gasteiger partial charge >= 0.3 is 18.3 Å². The molecular formula is C27H25F6N3O6S2. The number of carbonyl (C=O) groups is 2. The Morgan fingerprint density at radius 2 is 1.70 bits per heavy atom. The molecule has 238 valence electrons.